The highest BCUT2D eigenvalue weighted by atomic mass is 16.6. The van der Waals surface area contributed by atoms with Crippen LogP contribution in [0, 0.1) is 46.6 Å². The summed E-state index contributed by atoms with van der Waals surface area (Å²) in [5, 5.41) is 22.7. The van der Waals surface area contributed by atoms with Gasteiger partial charge in [-0.2, -0.15) is 5.01 Å². The number of amides is 4. The molecule has 0 spiro atoms. The molecule has 0 unspecified atom stereocenters. The number of allylic oxidation sites excluding steroid dienone is 3. The second kappa shape index (κ2) is 13.1. The van der Waals surface area contributed by atoms with Crippen molar-refractivity contribution < 1.29 is 33.9 Å². The Morgan fingerprint density at radius 3 is 2.31 bits per heavy atom. The molecule has 4 aliphatic rings. The summed E-state index contributed by atoms with van der Waals surface area (Å²) in [6.45, 7) is 1.94. The normalized spacial score (nSPS) is 26.0. The number of hydrazine groups is 1. The Bertz CT molecular complexity index is 2270. The molecular weight excluding hydrogens is 688 g/mol. The summed E-state index contributed by atoms with van der Waals surface area (Å²) in [5.41, 5.74) is 5.39. The third-order valence-electron chi connectivity index (χ3n) is 11.5. The van der Waals surface area contributed by atoms with Gasteiger partial charge in [-0.25, -0.2) is 0 Å². The fraction of sp³-hybridized carbons (Fsp3) is 0.238. The van der Waals surface area contributed by atoms with E-state index in [-0.39, 0.29) is 35.7 Å². The average molecular weight is 725 g/mol. The van der Waals surface area contributed by atoms with E-state index in [2.05, 4.69) is 5.43 Å². The topological polar surface area (TPSA) is 159 Å². The largest absolute Gasteiger partial charge is 0.504 e. The van der Waals surface area contributed by atoms with Gasteiger partial charge in [0.1, 0.15) is 0 Å². The lowest BCUT2D eigenvalue weighted by atomic mass is 9.50. The van der Waals surface area contributed by atoms with Crippen molar-refractivity contribution in [2.75, 3.05) is 17.4 Å². The molecule has 6 atom stereocenters. The monoisotopic (exact) mass is 724 g/mol. The van der Waals surface area contributed by atoms with E-state index in [0.717, 1.165) is 21.0 Å². The van der Waals surface area contributed by atoms with Crippen LogP contribution < -0.4 is 15.1 Å². The highest BCUT2D eigenvalue weighted by Crippen LogP contribution is 2.61. The first kappa shape index (κ1) is 34.5. The molecule has 2 N–H and O–H groups in total. The van der Waals surface area contributed by atoms with E-state index in [9.17, 15) is 29.6 Å². The van der Waals surface area contributed by atoms with E-state index in [1.165, 1.54) is 37.4 Å². The average Bonchev–Trinajstić information content (AvgIpc) is 3.56. The van der Waals surface area contributed by atoms with Crippen molar-refractivity contribution in [2.45, 2.75) is 25.2 Å². The molecule has 12 nitrogen and oxygen atoms in total. The van der Waals surface area contributed by atoms with Crippen LogP contribution in [0.5, 0.6) is 11.5 Å². The van der Waals surface area contributed by atoms with Gasteiger partial charge in [-0.15, -0.1) is 0 Å². The van der Waals surface area contributed by atoms with Crippen LogP contribution in [0.3, 0.4) is 0 Å². The van der Waals surface area contributed by atoms with E-state index in [1.54, 1.807) is 24.3 Å². The van der Waals surface area contributed by atoms with Gasteiger partial charge in [0.2, 0.25) is 11.8 Å². The summed E-state index contributed by atoms with van der Waals surface area (Å²) >= 11 is 0. The predicted molar refractivity (Wildman–Crippen MR) is 199 cm³/mol. The number of imide groups is 2. The highest BCUT2D eigenvalue weighted by molar-refractivity contribution is 6.22. The number of rotatable bonds is 8. The van der Waals surface area contributed by atoms with Crippen molar-refractivity contribution in [2.24, 2.45) is 29.6 Å². The predicted octanol–water partition coefficient (Wildman–Crippen LogP) is 6.35. The van der Waals surface area contributed by atoms with Crippen LogP contribution in [0.2, 0.25) is 0 Å². The molecule has 4 aromatic rings. The highest BCUT2D eigenvalue weighted by Gasteiger charge is 2.69. The molecule has 2 aliphatic heterocycles. The second-order valence-electron chi connectivity index (χ2n) is 14.2. The number of aromatic hydroxyl groups is 1. The van der Waals surface area contributed by atoms with Crippen LogP contribution >= 0.6 is 0 Å². The van der Waals surface area contributed by atoms with E-state index in [4.69, 9.17) is 4.74 Å². The molecule has 4 aromatic carbocycles. The van der Waals surface area contributed by atoms with Crippen molar-refractivity contribution in [3.8, 4) is 11.5 Å². The number of phenols is 1. The van der Waals surface area contributed by atoms with Gasteiger partial charge in [-0.3, -0.25) is 39.6 Å². The second-order valence-corrected chi connectivity index (χ2v) is 14.2. The summed E-state index contributed by atoms with van der Waals surface area (Å²) in [5.74, 6) is -5.30. The number of nitrogens with zero attached hydrogens (tertiary/aromatic N) is 3. The summed E-state index contributed by atoms with van der Waals surface area (Å²) in [6.07, 6.45) is 6.02. The maximum Gasteiger partial charge on any atom is 0.269 e. The minimum absolute atomic E-state index is 0.0365. The first-order valence-electron chi connectivity index (χ1n) is 17.7. The SMILES string of the molecule is COc1cc(C=C[C@H]2C3=CC[C@@H]4C(=O)N(c5ccc([N+](=O)[O-])cc5)C(=O)[C@@H]4[C@@H]3C[C@H]3C(=O)N(Nc4ccc(C)cc4)C(=O)[C@@]23c2ccccc2)ccc1O. The lowest BCUT2D eigenvalue weighted by Gasteiger charge is -2.49. The number of non-ortho nitro benzene ring substituents is 1. The fourth-order valence-corrected chi connectivity index (χ4v) is 8.98. The Labute approximate surface area is 310 Å². The van der Waals surface area contributed by atoms with Gasteiger partial charge in [-0.05, 0) is 73.2 Å². The van der Waals surface area contributed by atoms with Crippen LogP contribution in [0.15, 0.2) is 115 Å². The number of nitro benzene ring substituents is 1. The van der Waals surface area contributed by atoms with Gasteiger partial charge in [0, 0.05) is 18.1 Å². The van der Waals surface area contributed by atoms with E-state index >= 15 is 4.79 Å². The Hall–Kier alpha value is -6.56. The van der Waals surface area contributed by atoms with E-state index in [0.29, 0.717) is 16.8 Å². The summed E-state index contributed by atoms with van der Waals surface area (Å²) in [7, 11) is 1.45. The zero-order valence-electron chi connectivity index (χ0n) is 29.4. The van der Waals surface area contributed by atoms with Gasteiger partial charge in [0.15, 0.2) is 11.5 Å². The maximum absolute atomic E-state index is 15.2. The number of nitrogens with one attached hydrogen (secondary N) is 1. The number of fused-ring (bicyclic) bond motifs is 4. The lowest BCUT2D eigenvalue weighted by Crippen LogP contribution is -2.54. The molecule has 0 aromatic heterocycles. The molecule has 0 bridgehead atoms. The first-order valence-corrected chi connectivity index (χ1v) is 17.7. The molecule has 272 valence electrons. The molecular formula is C42H36N4O8. The van der Waals surface area contributed by atoms with Gasteiger partial charge in [0.05, 0.1) is 46.6 Å². The van der Waals surface area contributed by atoms with Crippen molar-refractivity contribution in [3.05, 3.63) is 142 Å². The molecule has 3 fully saturated rings. The van der Waals surface area contributed by atoms with Crippen molar-refractivity contribution >= 4 is 46.8 Å². The standard InChI is InChI=1S/C42H36N4O8/c1-24-8-12-27(13-9-24)43-45-39(49)34-23-32-30(18-19-31-37(32)40(50)44(38(31)48)28-14-16-29(17-15-28)46(52)53)33(20-10-25-11-21-35(47)36(22-25)54-2)42(34,41(45)51)26-6-4-3-5-7-26/h3-18,20-22,31-34,37,43,47H,19,23H2,1-2H3/t31-,32+,33-,34-,37-,42-/m0/s1. The smallest absolute Gasteiger partial charge is 0.269 e. The number of aryl methyl sites for hydroxylation is 1. The zero-order valence-corrected chi connectivity index (χ0v) is 29.4. The molecule has 1 saturated carbocycles. The molecule has 2 saturated heterocycles. The number of nitro groups is 1. The minimum atomic E-state index is -1.42. The third-order valence-corrected chi connectivity index (χ3v) is 11.5. The van der Waals surface area contributed by atoms with E-state index in [1.807, 2.05) is 67.6 Å². The molecule has 8 rings (SSSR count). The zero-order chi connectivity index (χ0) is 37.9. The number of carbonyl (C=O) groups is 4. The van der Waals surface area contributed by atoms with Crippen molar-refractivity contribution in [3.63, 3.8) is 0 Å². The summed E-state index contributed by atoms with van der Waals surface area (Å²) < 4.78 is 5.35. The number of anilines is 2. The molecule has 12 heteroatoms. The third kappa shape index (κ3) is 5.27. The Morgan fingerprint density at radius 1 is 0.907 bits per heavy atom. The van der Waals surface area contributed by atoms with Crippen LogP contribution in [0.4, 0.5) is 17.1 Å². The van der Waals surface area contributed by atoms with Gasteiger partial charge < -0.3 is 9.84 Å². The van der Waals surface area contributed by atoms with Crippen LogP contribution in [0.25, 0.3) is 6.08 Å². The Kier molecular flexibility index (Phi) is 8.40. The molecule has 4 amide bonds. The lowest BCUT2D eigenvalue weighted by molar-refractivity contribution is -0.384. The van der Waals surface area contributed by atoms with Gasteiger partial charge in [0.25, 0.3) is 17.5 Å². The molecule has 2 heterocycles. The quantitative estimate of drug-likeness (QED) is 0.0914. The number of hydrogen-bond acceptors (Lipinski definition) is 9. The Morgan fingerprint density at radius 2 is 1.63 bits per heavy atom. The maximum atomic E-state index is 15.2. The minimum Gasteiger partial charge on any atom is -0.504 e. The van der Waals surface area contributed by atoms with Gasteiger partial charge in [-0.1, -0.05) is 77.9 Å². The number of ether oxygens (including phenoxy) is 1. The number of methoxy groups -OCH3 is 1. The Balaban J connectivity index is 1.27. The van der Waals surface area contributed by atoms with Crippen LogP contribution in [-0.2, 0) is 24.6 Å². The molecule has 54 heavy (non-hydrogen) atoms. The van der Waals surface area contributed by atoms with Crippen molar-refractivity contribution in [1.82, 2.24) is 5.01 Å². The van der Waals surface area contributed by atoms with Crippen LogP contribution in [0.1, 0.15) is 29.5 Å². The molecule has 2 aliphatic carbocycles. The van der Waals surface area contributed by atoms with E-state index < -0.39 is 63.6 Å². The number of carbonyl (C=O) groups excluding carboxylic acids is 4. The first-order chi connectivity index (χ1) is 26.0. The molecule has 0 radical (unpaired) electrons. The summed E-state index contributed by atoms with van der Waals surface area (Å²) in [4.78, 5) is 70.3. The van der Waals surface area contributed by atoms with Crippen LogP contribution in [-0.4, -0.2) is 45.8 Å². The fourth-order valence-electron chi connectivity index (χ4n) is 8.98. The van der Waals surface area contributed by atoms with Gasteiger partial charge >= 0.3 is 0 Å². The summed E-state index contributed by atoms with van der Waals surface area (Å²) in [6, 6.07) is 26.8. The van der Waals surface area contributed by atoms with Crippen molar-refractivity contribution in [1.29, 1.82) is 0 Å². The number of phenolic OH excluding ortho intramolecular Hbond substituents is 1. The number of benzene rings is 4. The number of hydrogen-bond donors (Lipinski definition) is 2.